The molecule has 1 atom stereocenters. The third-order valence-electron chi connectivity index (χ3n) is 3.14. The molecule has 0 aliphatic heterocycles. The Labute approximate surface area is 125 Å². The summed E-state index contributed by atoms with van der Waals surface area (Å²) in [5, 5.41) is 0. The summed E-state index contributed by atoms with van der Waals surface area (Å²) in [6.07, 6.45) is 0. The second-order valence-corrected chi connectivity index (χ2v) is 5.32. The maximum atomic E-state index is 5.81. The van der Waals surface area contributed by atoms with E-state index in [1.54, 1.807) is 0 Å². The van der Waals surface area contributed by atoms with Crippen LogP contribution in [0.25, 0.3) is 0 Å². The molecule has 0 aromatic heterocycles. The van der Waals surface area contributed by atoms with Crippen LogP contribution in [0.4, 0.5) is 11.4 Å². The number of ether oxygens (including phenoxy) is 2. The highest BCUT2D eigenvalue weighted by molar-refractivity contribution is 5.47. The van der Waals surface area contributed by atoms with E-state index in [0.29, 0.717) is 13.2 Å². The summed E-state index contributed by atoms with van der Waals surface area (Å²) in [5.74, 6) is 1.96. The molecule has 0 saturated carbocycles. The Balaban J connectivity index is 1.79. The molecule has 2 aromatic carbocycles. The molecule has 4 heteroatoms. The van der Waals surface area contributed by atoms with Crippen molar-refractivity contribution in [1.29, 1.82) is 0 Å². The van der Waals surface area contributed by atoms with Crippen molar-refractivity contribution in [2.24, 2.45) is 5.92 Å². The second kappa shape index (κ2) is 6.88. The van der Waals surface area contributed by atoms with Gasteiger partial charge >= 0.3 is 0 Å². The fourth-order valence-electron chi connectivity index (χ4n) is 1.92. The van der Waals surface area contributed by atoms with Crippen LogP contribution in [-0.4, -0.2) is 13.2 Å². The van der Waals surface area contributed by atoms with Gasteiger partial charge in [-0.25, -0.2) is 0 Å². The van der Waals surface area contributed by atoms with E-state index in [0.717, 1.165) is 28.4 Å². The lowest BCUT2D eigenvalue weighted by atomic mass is 10.2. The van der Waals surface area contributed by atoms with Gasteiger partial charge in [-0.05, 0) is 55.0 Å². The zero-order chi connectivity index (χ0) is 15.2. The van der Waals surface area contributed by atoms with Gasteiger partial charge in [0.2, 0.25) is 0 Å². The lowest BCUT2D eigenvalue weighted by Crippen LogP contribution is -2.17. The van der Waals surface area contributed by atoms with Crippen molar-refractivity contribution in [3.8, 4) is 11.5 Å². The zero-order valence-corrected chi connectivity index (χ0v) is 12.5. The first-order valence-electron chi connectivity index (χ1n) is 7.02. The highest BCUT2D eigenvalue weighted by Crippen LogP contribution is 2.21. The standard InChI is InChI=1S/C17H22N2O2/c1-12(10-20-16-6-3-14(18)4-7-16)11-21-17-8-5-15(19)9-13(17)2/h3-9,12H,10-11,18-19H2,1-2H3. The molecule has 2 rings (SSSR count). The van der Waals surface area contributed by atoms with Gasteiger partial charge in [-0.15, -0.1) is 0 Å². The summed E-state index contributed by atoms with van der Waals surface area (Å²) in [6.45, 7) is 5.27. The van der Waals surface area contributed by atoms with Gasteiger partial charge in [0.25, 0.3) is 0 Å². The Morgan fingerprint density at radius 2 is 1.52 bits per heavy atom. The Kier molecular flexibility index (Phi) is 4.93. The van der Waals surface area contributed by atoms with E-state index in [1.165, 1.54) is 0 Å². The maximum absolute atomic E-state index is 5.81. The van der Waals surface area contributed by atoms with Gasteiger partial charge in [-0.3, -0.25) is 0 Å². The molecule has 0 aliphatic carbocycles. The minimum absolute atomic E-state index is 0.277. The van der Waals surface area contributed by atoms with Crippen molar-refractivity contribution < 1.29 is 9.47 Å². The molecule has 0 heterocycles. The zero-order valence-electron chi connectivity index (χ0n) is 12.5. The molecule has 0 saturated heterocycles. The summed E-state index contributed by atoms with van der Waals surface area (Å²) < 4.78 is 11.5. The highest BCUT2D eigenvalue weighted by atomic mass is 16.5. The minimum atomic E-state index is 0.277. The topological polar surface area (TPSA) is 70.5 Å². The molecular formula is C17H22N2O2. The van der Waals surface area contributed by atoms with Crippen LogP contribution >= 0.6 is 0 Å². The normalized spacial score (nSPS) is 11.9. The van der Waals surface area contributed by atoms with E-state index in [4.69, 9.17) is 20.9 Å². The Bertz CT molecular complexity index is 582. The first-order valence-corrected chi connectivity index (χ1v) is 7.02. The van der Waals surface area contributed by atoms with Gasteiger partial charge in [0.1, 0.15) is 11.5 Å². The van der Waals surface area contributed by atoms with Crippen LogP contribution in [0.3, 0.4) is 0 Å². The molecule has 0 fully saturated rings. The summed E-state index contributed by atoms with van der Waals surface area (Å²) in [4.78, 5) is 0. The van der Waals surface area contributed by atoms with Crippen LogP contribution in [0.15, 0.2) is 42.5 Å². The van der Waals surface area contributed by atoms with Crippen molar-refractivity contribution >= 4 is 11.4 Å². The number of aryl methyl sites for hydroxylation is 1. The molecule has 0 radical (unpaired) electrons. The fourth-order valence-corrected chi connectivity index (χ4v) is 1.92. The first kappa shape index (κ1) is 15.0. The van der Waals surface area contributed by atoms with Crippen molar-refractivity contribution in [2.45, 2.75) is 13.8 Å². The van der Waals surface area contributed by atoms with Crippen molar-refractivity contribution in [3.05, 3.63) is 48.0 Å². The fraction of sp³-hybridized carbons (Fsp3) is 0.294. The van der Waals surface area contributed by atoms with Gasteiger partial charge in [-0.2, -0.15) is 0 Å². The summed E-state index contributed by atoms with van der Waals surface area (Å²) >= 11 is 0. The van der Waals surface area contributed by atoms with Crippen LogP contribution in [0.2, 0.25) is 0 Å². The minimum Gasteiger partial charge on any atom is -0.493 e. The predicted octanol–water partition coefficient (Wildman–Crippen LogP) is 3.25. The molecule has 0 spiro atoms. The molecule has 2 aromatic rings. The second-order valence-electron chi connectivity index (χ2n) is 5.32. The predicted molar refractivity (Wildman–Crippen MR) is 86.6 cm³/mol. The van der Waals surface area contributed by atoms with Crippen molar-refractivity contribution in [1.82, 2.24) is 0 Å². The van der Waals surface area contributed by atoms with Gasteiger partial charge < -0.3 is 20.9 Å². The number of hydrogen-bond donors (Lipinski definition) is 2. The Morgan fingerprint density at radius 1 is 0.905 bits per heavy atom. The van der Waals surface area contributed by atoms with Gasteiger partial charge in [0, 0.05) is 17.3 Å². The molecule has 21 heavy (non-hydrogen) atoms. The molecule has 1 unspecified atom stereocenters. The molecule has 0 amide bonds. The lowest BCUT2D eigenvalue weighted by molar-refractivity contribution is 0.187. The third-order valence-corrected chi connectivity index (χ3v) is 3.14. The van der Waals surface area contributed by atoms with E-state index < -0.39 is 0 Å². The molecule has 4 nitrogen and oxygen atoms in total. The molecule has 4 N–H and O–H groups in total. The SMILES string of the molecule is Cc1cc(N)ccc1OCC(C)COc1ccc(N)cc1. The van der Waals surface area contributed by atoms with Crippen LogP contribution in [0.1, 0.15) is 12.5 Å². The summed E-state index contributed by atoms with van der Waals surface area (Å²) in [5.41, 5.74) is 13.9. The number of nitrogens with two attached hydrogens (primary N) is 2. The van der Waals surface area contributed by atoms with Crippen LogP contribution in [0.5, 0.6) is 11.5 Å². The summed E-state index contributed by atoms with van der Waals surface area (Å²) in [7, 11) is 0. The maximum Gasteiger partial charge on any atom is 0.122 e. The quantitative estimate of drug-likeness (QED) is 0.800. The highest BCUT2D eigenvalue weighted by Gasteiger charge is 2.06. The number of benzene rings is 2. The first-order chi connectivity index (χ1) is 10.0. The Morgan fingerprint density at radius 3 is 2.19 bits per heavy atom. The van der Waals surface area contributed by atoms with Crippen LogP contribution in [-0.2, 0) is 0 Å². The average Bonchev–Trinajstić information content (AvgIpc) is 2.46. The smallest absolute Gasteiger partial charge is 0.122 e. The molecule has 112 valence electrons. The van der Waals surface area contributed by atoms with E-state index in [-0.39, 0.29) is 5.92 Å². The number of anilines is 2. The van der Waals surface area contributed by atoms with Gasteiger partial charge in [0.05, 0.1) is 13.2 Å². The molecule has 0 aliphatic rings. The third kappa shape index (κ3) is 4.60. The number of nitrogen functional groups attached to an aromatic ring is 2. The van der Waals surface area contributed by atoms with Crippen molar-refractivity contribution in [2.75, 3.05) is 24.7 Å². The van der Waals surface area contributed by atoms with Gasteiger partial charge in [-0.1, -0.05) is 6.92 Å². The summed E-state index contributed by atoms with van der Waals surface area (Å²) in [6, 6.07) is 13.0. The average molecular weight is 286 g/mol. The number of rotatable bonds is 6. The molecular weight excluding hydrogens is 264 g/mol. The van der Waals surface area contributed by atoms with Crippen LogP contribution < -0.4 is 20.9 Å². The van der Waals surface area contributed by atoms with Gasteiger partial charge in [0.15, 0.2) is 0 Å². The number of hydrogen-bond acceptors (Lipinski definition) is 4. The van der Waals surface area contributed by atoms with E-state index in [9.17, 15) is 0 Å². The Hall–Kier alpha value is -2.36. The van der Waals surface area contributed by atoms with E-state index in [2.05, 4.69) is 6.92 Å². The van der Waals surface area contributed by atoms with E-state index >= 15 is 0 Å². The van der Waals surface area contributed by atoms with Crippen LogP contribution in [0, 0.1) is 12.8 Å². The van der Waals surface area contributed by atoms with E-state index in [1.807, 2.05) is 49.4 Å². The lowest BCUT2D eigenvalue weighted by Gasteiger charge is -2.15. The van der Waals surface area contributed by atoms with Crippen molar-refractivity contribution in [3.63, 3.8) is 0 Å². The molecule has 0 bridgehead atoms. The largest absolute Gasteiger partial charge is 0.493 e. The monoisotopic (exact) mass is 286 g/mol.